The summed E-state index contributed by atoms with van der Waals surface area (Å²) in [5, 5.41) is 13.2. The van der Waals surface area contributed by atoms with Gasteiger partial charge >= 0.3 is 228 Å². The molecule has 3 N–H and O–H groups in total. The Balaban J connectivity index is 0.00000627. The molecular weight excluding hydrogens is 714 g/mol. The Morgan fingerprint density at radius 1 is 0.755 bits per heavy atom. The molecule has 0 aromatic heterocycles. The van der Waals surface area contributed by atoms with Gasteiger partial charge in [0.25, 0.3) is 0 Å². The molecule has 0 unspecified atom stereocenters. The average molecular weight is 784 g/mol. The first-order chi connectivity index (χ1) is 25.3. The van der Waals surface area contributed by atoms with Crippen LogP contribution in [0.15, 0.2) is 71.7 Å². The number of rotatable bonds is 18. The molecule has 53 heavy (non-hydrogen) atoms. The Hall–Kier alpha value is -2.33. The van der Waals surface area contributed by atoms with E-state index < -0.39 is 12.0 Å². The molecule has 3 aromatic rings. The van der Waals surface area contributed by atoms with E-state index in [0.717, 1.165) is 49.1 Å². The number of fused-ring (bicyclic) bond motifs is 1. The minimum Gasteiger partial charge on any atom is -0.147 e. The molecule has 2 aliphatic carbocycles. The van der Waals surface area contributed by atoms with Gasteiger partial charge in [-0.1, -0.05) is 62.8 Å². The third-order valence-corrected chi connectivity index (χ3v) is 19.1. The van der Waals surface area contributed by atoms with E-state index in [4.69, 9.17) is 16.2 Å². The Morgan fingerprint density at radius 3 is 1.92 bits per heavy atom. The maximum Gasteiger partial charge on any atom is -0.147 e. The summed E-state index contributed by atoms with van der Waals surface area (Å²) in [7, 11) is 0. The molecule has 0 radical (unpaired) electrons. The number of guanidine groups is 1. The third-order valence-electron chi connectivity index (χ3n) is 11.7. The maximum atomic E-state index is 14.3. The summed E-state index contributed by atoms with van der Waals surface area (Å²) >= 11 is 7.97. The van der Waals surface area contributed by atoms with Crippen molar-refractivity contribution in [2.75, 3.05) is 23.8 Å². The number of carbonyl (C=O) groups is 1. The molecule has 2 saturated carbocycles. The predicted octanol–water partition coefficient (Wildman–Crippen LogP) is 12.6. The van der Waals surface area contributed by atoms with Crippen molar-refractivity contribution in [1.82, 2.24) is 10.6 Å². The molecule has 1 atom stereocenters. The van der Waals surface area contributed by atoms with E-state index in [1.54, 1.807) is 0 Å². The van der Waals surface area contributed by atoms with Gasteiger partial charge in [-0.15, -0.1) is 12.4 Å². The van der Waals surface area contributed by atoms with Crippen molar-refractivity contribution in [3.63, 3.8) is 0 Å². The van der Waals surface area contributed by atoms with Crippen molar-refractivity contribution in [3.05, 3.63) is 77.9 Å². The van der Waals surface area contributed by atoms with E-state index in [9.17, 15) is 4.79 Å². The van der Waals surface area contributed by atoms with Crippen molar-refractivity contribution in [1.29, 1.82) is 0 Å². The summed E-state index contributed by atoms with van der Waals surface area (Å²) in [5.41, 5.74) is 3.27. The number of aliphatic imine (C=N–C) groups is 1. The summed E-state index contributed by atoms with van der Waals surface area (Å²) in [6.45, 7) is 6.86. The van der Waals surface area contributed by atoms with Gasteiger partial charge in [0.1, 0.15) is 0 Å². The number of hydrogen-bond acceptors (Lipinski definition) is 2. The fourth-order valence-electron chi connectivity index (χ4n) is 8.54. The van der Waals surface area contributed by atoms with Gasteiger partial charge in [0.2, 0.25) is 0 Å². The summed E-state index contributed by atoms with van der Waals surface area (Å²) in [4.78, 5) is 19.6. The first-order valence-electron chi connectivity index (χ1n) is 21.0. The van der Waals surface area contributed by atoms with Gasteiger partial charge in [0, 0.05) is 0 Å². The Bertz CT molecular complexity index is 1540. The maximum absolute atomic E-state index is 14.3. The van der Waals surface area contributed by atoms with Gasteiger partial charge in [0.15, 0.2) is 0 Å². The van der Waals surface area contributed by atoms with Gasteiger partial charge in [-0.2, -0.15) is 0 Å². The van der Waals surface area contributed by atoms with Crippen LogP contribution in [0, 0.1) is 0 Å². The van der Waals surface area contributed by atoms with Crippen molar-refractivity contribution < 1.29 is 4.79 Å². The molecule has 5 nitrogen and oxygen atoms in total. The molecule has 2 fully saturated rings. The van der Waals surface area contributed by atoms with Gasteiger partial charge in [-0.25, -0.2) is 0 Å². The van der Waals surface area contributed by atoms with Crippen LogP contribution in [0.25, 0.3) is 10.8 Å². The van der Waals surface area contributed by atoms with Gasteiger partial charge < -0.3 is 0 Å². The largest absolute Gasteiger partial charge is 0.147 e. The third kappa shape index (κ3) is 13.4. The molecule has 5 rings (SSSR count). The van der Waals surface area contributed by atoms with Gasteiger partial charge in [0.05, 0.1) is 0 Å². The van der Waals surface area contributed by atoms with E-state index in [-0.39, 0.29) is 18.3 Å². The topological polar surface area (TPSA) is 65.5 Å². The first-order valence-corrected chi connectivity index (χ1v) is 24.9. The molecule has 0 heterocycles. The number of benzene rings is 3. The van der Waals surface area contributed by atoms with E-state index in [1.807, 2.05) is 0 Å². The molecule has 0 spiro atoms. The first kappa shape index (κ1) is 43.4. The molecule has 3 aromatic carbocycles. The second-order valence-electron chi connectivity index (χ2n) is 16.2. The minimum atomic E-state index is -2.43. The molecule has 1 amide bonds. The molecule has 2 aliphatic rings. The Kier molecular flexibility index (Phi) is 17.8. The summed E-state index contributed by atoms with van der Waals surface area (Å²) < 4.78 is 0. The van der Waals surface area contributed by atoms with Crippen LogP contribution in [0.3, 0.4) is 0 Å². The van der Waals surface area contributed by atoms with Gasteiger partial charge in [-0.3, -0.25) is 0 Å². The van der Waals surface area contributed by atoms with Crippen LogP contribution in [0.2, 0.25) is 0 Å². The van der Waals surface area contributed by atoms with Crippen molar-refractivity contribution in [2.45, 2.75) is 154 Å². The van der Waals surface area contributed by atoms with Crippen molar-refractivity contribution in [3.8, 4) is 0 Å². The standard InChI is InChI=1S/C45H68ClN4OP.ClH/c1-4-7-30-52(46,31-8-5-2,32-9-6-3)35-36-25-28-42(29-26-36)47-44(51)43(34-37-24-27-38-18-16-17-19-39(38)33-37)50-45(48-40-20-12-10-13-21-40)49-41-22-14-11-15-23-41;/h16-19,24-29,33,40-41,43H,4-15,20-23,30-32,34-35H2,1-3H3,(H,47,51)(H2,48,49,50);1H/t43-;/m0./s1. The molecule has 8 heteroatoms. The predicted molar refractivity (Wildman–Crippen MR) is 237 cm³/mol. The van der Waals surface area contributed by atoms with E-state index in [0.29, 0.717) is 18.5 Å². The molecule has 0 bridgehead atoms. The Labute approximate surface area is 332 Å². The van der Waals surface area contributed by atoms with Crippen LogP contribution < -0.4 is 16.0 Å². The van der Waals surface area contributed by atoms with Crippen LogP contribution in [-0.2, 0) is 17.4 Å². The van der Waals surface area contributed by atoms with Crippen LogP contribution >= 0.6 is 29.6 Å². The molecule has 294 valence electrons. The zero-order valence-electron chi connectivity index (χ0n) is 33.0. The number of unbranched alkanes of at least 4 members (excludes halogenated alkanes) is 3. The summed E-state index contributed by atoms with van der Waals surface area (Å²) in [6, 6.07) is 23.9. The zero-order valence-corrected chi connectivity index (χ0v) is 35.5. The number of nitrogens with one attached hydrogen (secondary N) is 3. The second kappa shape index (κ2) is 21.7. The number of anilines is 1. The van der Waals surface area contributed by atoms with E-state index in [2.05, 4.69) is 103 Å². The van der Waals surface area contributed by atoms with Crippen molar-refractivity contribution in [2.24, 2.45) is 4.99 Å². The monoisotopic (exact) mass is 782 g/mol. The number of hydrogen-bond donors (Lipinski definition) is 3. The quantitative estimate of drug-likeness (QED) is 0.0684. The van der Waals surface area contributed by atoms with Crippen LogP contribution in [0.5, 0.6) is 0 Å². The normalized spacial score (nSPS) is 17.4. The van der Waals surface area contributed by atoms with E-state index in [1.165, 1.54) is 112 Å². The molecule has 0 aliphatic heterocycles. The van der Waals surface area contributed by atoms with Gasteiger partial charge in [-0.05, 0) is 31.1 Å². The Morgan fingerprint density at radius 2 is 1.32 bits per heavy atom. The average Bonchev–Trinajstić information content (AvgIpc) is 3.17. The summed E-state index contributed by atoms with van der Waals surface area (Å²) in [6.07, 6.45) is 24.3. The summed E-state index contributed by atoms with van der Waals surface area (Å²) in [5.74, 6) is -1.66. The number of carbonyl (C=O) groups excluding carboxylic acids is 1. The van der Waals surface area contributed by atoms with Crippen LogP contribution in [-0.4, -0.2) is 48.5 Å². The fourth-order valence-corrected chi connectivity index (χ4v) is 15.6. The smallest absolute Gasteiger partial charge is 0.147 e. The zero-order chi connectivity index (χ0) is 36.7. The number of halogens is 2. The minimum absolute atomic E-state index is 0. The molecule has 0 saturated heterocycles. The van der Waals surface area contributed by atoms with E-state index >= 15 is 0 Å². The van der Waals surface area contributed by atoms with Crippen LogP contribution in [0.4, 0.5) is 5.69 Å². The fraction of sp³-hybridized carbons (Fsp3) is 0.600. The second-order valence-corrected chi connectivity index (χ2v) is 24.4. The number of nitrogens with zero attached hydrogens (tertiary/aromatic N) is 1. The number of amides is 1. The molecular formula is C45H69Cl2N4OP. The van der Waals surface area contributed by atoms with Crippen LogP contribution in [0.1, 0.15) is 135 Å². The SMILES string of the molecule is CCCCP(Cl)(CCCC)(CCCC)Cc1ccc(NC(=O)[C@H](Cc2ccc3ccccc3c2)NC(=NC2CCCCC2)NC2CCCCC2)cc1.Cl. The van der Waals surface area contributed by atoms with Crippen molar-refractivity contribution >= 4 is 57.9 Å².